The van der Waals surface area contributed by atoms with Crippen LogP contribution in [0.2, 0.25) is 5.02 Å². The second kappa shape index (κ2) is 8.91. The summed E-state index contributed by atoms with van der Waals surface area (Å²) in [7, 11) is 1.78. The van der Waals surface area contributed by atoms with Crippen LogP contribution in [0, 0.1) is 0 Å². The number of guanidine groups is 1. The molecule has 1 saturated heterocycles. The number of anilines is 1. The van der Waals surface area contributed by atoms with Gasteiger partial charge in [-0.05, 0) is 24.3 Å². The van der Waals surface area contributed by atoms with Crippen LogP contribution >= 0.6 is 11.6 Å². The van der Waals surface area contributed by atoms with E-state index < -0.39 is 0 Å². The van der Waals surface area contributed by atoms with Gasteiger partial charge in [-0.1, -0.05) is 35.0 Å². The third-order valence-electron chi connectivity index (χ3n) is 4.71. The molecule has 0 radical (unpaired) electrons. The maximum absolute atomic E-state index is 6.03. The third-order valence-corrected chi connectivity index (χ3v) is 4.95. The van der Waals surface area contributed by atoms with Gasteiger partial charge in [-0.3, -0.25) is 4.99 Å². The minimum Gasteiger partial charge on any atom is -0.353 e. The van der Waals surface area contributed by atoms with Crippen molar-refractivity contribution in [1.82, 2.24) is 25.3 Å². The summed E-state index contributed by atoms with van der Waals surface area (Å²) in [5.41, 5.74) is 0.822. The van der Waals surface area contributed by atoms with E-state index in [-0.39, 0.29) is 0 Å². The lowest BCUT2D eigenvalue weighted by molar-refractivity contribution is 0.355. The van der Waals surface area contributed by atoms with Crippen molar-refractivity contribution >= 4 is 23.4 Å². The highest BCUT2D eigenvalue weighted by Gasteiger charge is 2.20. The van der Waals surface area contributed by atoms with Gasteiger partial charge in [-0.2, -0.15) is 4.98 Å². The fraction of sp³-hybridized carbons (Fsp3) is 0.300. The van der Waals surface area contributed by atoms with Crippen LogP contribution in [0.15, 0.2) is 58.2 Å². The second-order valence-corrected chi connectivity index (χ2v) is 7.02. The number of rotatable bonds is 4. The molecule has 0 aliphatic carbocycles. The molecule has 3 heterocycles. The van der Waals surface area contributed by atoms with E-state index in [0.717, 1.165) is 43.5 Å². The molecule has 9 heteroatoms. The molecule has 29 heavy (non-hydrogen) atoms. The van der Waals surface area contributed by atoms with E-state index >= 15 is 0 Å². The van der Waals surface area contributed by atoms with Gasteiger partial charge in [0.2, 0.25) is 11.7 Å². The maximum Gasteiger partial charge on any atom is 0.246 e. The van der Waals surface area contributed by atoms with Gasteiger partial charge in [0.05, 0.1) is 6.54 Å². The lowest BCUT2D eigenvalue weighted by Gasteiger charge is -2.36. The van der Waals surface area contributed by atoms with Gasteiger partial charge in [0, 0.05) is 50.0 Å². The number of benzene rings is 1. The van der Waals surface area contributed by atoms with E-state index in [9.17, 15) is 0 Å². The predicted molar refractivity (Wildman–Crippen MR) is 113 cm³/mol. The lowest BCUT2D eigenvalue weighted by Crippen LogP contribution is -2.52. The molecule has 4 rings (SSSR count). The Kier molecular flexibility index (Phi) is 5.90. The first-order valence-electron chi connectivity index (χ1n) is 9.43. The number of hydrogen-bond donors (Lipinski definition) is 1. The van der Waals surface area contributed by atoms with Crippen LogP contribution in [0.4, 0.5) is 5.82 Å². The zero-order valence-corrected chi connectivity index (χ0v) is 16.9. The Morgan fingerprint density at radius 3 is 2.76 bits per heavy atom. The Morgan fingerprint density at radius 2 is 2.03 bits per heavy atom. The van der Waals surface area contributed by atoms with Crippen molar-refractivity contribution in [3.63, 3.8) is 0 Å². The molecule has 1 N–H and O–H groups in total. The fourth-order valence-corrected chi connectivity index (χ4v) is 3.44. The van der Waals surface area contributed by atoms with E-state index in [1.54, 1.807) is 7.05 Å². The van der Waals surface area contributed by atoms with Crippen LogP contribution in [-0.4, -0.2) is 59.2 Å². The van der Waals surface area contributed by atoms with Crippen LogP contribution in [0.5, 0.6) is 0 Å². The van der Waals surface area contributed by atoms with Gasteiger partial charge >= 0.3 is 0 Å². The summed E-state index contributed by atoms with van der Waals surface area (Å²) in [5, 5.41) is 7.98. The highest BCUT2D eigenvalue weighted by Crippen LogP contribution is 2.20. The summed E-state index contributed by atoms with van der Waals surface area (Å²) < 4.78 is 5.36. The first-order chi connectivity index (χ1) is 14.2. The Labute approximate surface area is 174 Å². The largest absolute Gasteiger partial charge is 0.353 e. The number of halogens is 1. The van der Waals surface area contributed by atoms with E-state index in [2.05, 4.69) is 35.2 Å². The standard InChI is InChI=1S/C20H22ClN7O/c1-22-20(28-11-9-27(10-12-28)17-7-2-3-8-23-17)24-14-18-25-19(26-29-18)15-5-4-6-16(21)13-15/h2-8,13H,9-12,14H2,1H3,(H,22,24). The van der Waals surface area contributed by atoms with Crippen molar-refractivity contribution in [2.45, 2.75) is 6.54 Å². The van der Waals surface area contributed by atoms with Gasteiger partial charge in [-0.25, -0.2) is 4.98 Å². The SMILES string of the molecule is CN=C(NCc1nc(-c2cccc(Cl)c2)no1)N1CCN(c2ccccn2)CC1. The number of nitrogens with zero attached hydrogens (tertiary/aromatic N) is 6. The second-order valence-electron chi connectivity index (χ2n) is 6.58. The monoisotopic (exact) mass is 411 g/mol. The molecule has 0 spiro atoms. The number of aromatic nitrogens is 3. The predicted octanol–water partition coefficient (Wildman–Crippen LogP) is 2.68. The number of pyridine rings is 1. The molecule has 0 bridgehead atoms. The summed E-state index contributed by atoms with van der Waals surface area (Å²) in [6.45, 7) is 3.89. The molecule has 1 fully saturated rings. The first-order valence-corrected chi connectivity index (χ1v) is 9.81. The van der Waals surface area contributed by atoms with Crippen molar-refractivity contribution in [2.24, 2.45) is 4.99 Å². The molecule has 1 aliphatic heterocycles. The summed E-state index contributed by atoms with van der Waals surface area (Å²) >= 11 is 6.03. The summed E-state index contributed by atoms with van der Waals surface area (Å²) in [5.74, 6) is 2.83. The van der Waals surface area contributed by atoms with E-state index in [1.165, 1.54) is 0 Å². The van der Waals surface area contributed by atoms with Gasteiger partial charge in [0.15, 0.2) is 5.96 Å². The van der Waals surface area contributed by atoms with E-state index in [1.807, 2.05) is 48.7 Å². The molecule has 0 saturated carbocycles. The summed E-state index contributed by atoms with van der Waals surface area (Å²) in [6.07, 6.45) is 1.82. The van der Waals surface area contributed by atoms with Crippen molar-refractivity contribution in [2.75, 3.05) is 38.1 Å². The normalized spacial score (nSPS) is 14.9. The van der Waals surface area contributed by atoms with Crippen LogP contribution in [0.25, 0.3) is 11.4 Å². The van der Waals surface area contributed by atoms with Gasteiger partial charge in [0.1, 0.15) is 5.82 Å². The minimum atomic E-state index is 0.403. The molecule has 0 atom stereocenters. The van der Waals surface area contributed by atoms with Crippen molar-refractivity contribution in [3.05, 3.63) is 59.6 Å². The molecular weight excluding hydrogens is 390 g/mol. The van der Waals surface area contributed by atoms with Gasteiger partial charge < -0.3 is 19.6 Å². The highest BCUT2D eigenvalue weighted by atomic mass is 35.5. The number of piperazine rings is 1. The highest BCUT2D eigenvalue weighted by molar-refractivity contribution is 6.30. The van der Waals surface area contributed by atoms with Gasteiger partial charge in [0.25, 0.3) is 0 Å². The molecule has 0 amide bonds. The summed E-state index contributed by atoms with van der Waals surface area (Å²) in [4.78, 5) is 17.7. The zero-order chi connectivity index (χ0) is 20.1. The Balaban J connectivity index is 1.32. The third kappa shape index (κ3) is 4.65. The maximum atomic E-state index is 6.03. The number of hydrogen-bond acceptors (Lipinski definition) is 6. The average molecular weight is 412 g/mol. The van der Waals surface area contributed by atoms with Crippen LogP contribution in [-0.2, 0) is 6.54 Å². The lowest BCUT2D eigenvalue weighted by atomic mass is 10.2. The number of nitrogens with one attached hydrogen (secondary N) is 1. The van der Waals surface area contributed by atoms with E-state index in [0.29, 0.717) is 23.3 Å². The smallest absolute Gasteiger partial charge is 0.246 e. The van der Waals surface area contributed by atoms with Crippen molar-refractivity contribution in [1.29, 1.82) is 0 Å². The van der Waals surface area contributed by atoms with Crippen LogP contribution in [0.1, 0.15) is 5.89 Å². The average Bonchev–Trinajstić information content (AvgIpc) is 3.24. The molecule has 0 unspecified atom stereocenters. The quantitative estimate of drug-likeness (QED) is 0.522. The summed E-state index contributed by atoms with van der Waals surface area (Å²) in [6, 6.07) is 13.4. The molecule has 2 aromatic heterocycles. The Bertz CT molecular complexity index is 968. The Morgan fingerprint density at radius 1 is 1.17 bits per heavy atom. The van der Waals surface area contributed by atoms with Crippen LogP contribution < -0.4 is 10.2 Å². The van der Waals surface area contributed by atoms with E-state index in [4.69, 9.17) is 16.1 Å². The van der Waals surface area contributed by atoms with Crippen molar-refractivity contribution < 1.29 is 4.52 Å². The molecule has 150 valence electrons. The molecule has 8 nitrogen and oxygen atoms in total. The molecular formula is C20H22ClN7O. The number of aliphatic imine (C=N–C) groups is 1. The molecule has 1 aromatic carbocycles. The topological polar surface area (TPSA) is 82.7 Å². The molecule has 3 aromatic rings. The fourth-order valence-electron chi connectivity index (χ4n) is 3.25. The zero-order valence-electron chi connectivity index (χ0n) is 16.1. The Hall–Kier alpha value is -3.13. The molecule has 1 aliphatic rings. The minimum absolute atomic E-state index is 0.403. The van der Waals surface area contributed by atoms with Crippen molar-refractivity contribution in [3.8, 4) is 11.4 Å². The van der Waals surface area contributed by atoms with Crippen LogP contribution in [0.3, 0.4) is 0 Å². The first kappa shape index (κ1) is 19.2. The van der Waals surface area contributed by atoms with Gasteiger partial charge in [-0.15, -0.1) is 0 Å².